The maximum Gasteiger partial charge on any atom is 0.175 e. The molecule has 0 N–H and O–H groups in total. The fourth-order valence-corrected chi connectivity index (χ4v) is 6.50. The van der Waals surface area contributed by atoms with Crippen molar-refractivity contribution in [2.24, 2.45) is 0 Å². The first kappa shape index (κ1) is 30.9. The summed E-state index contributed by atoms with van der Waals surface area (Å²) in [7, 11) is -6.51. The Kier molecular flexibility index (Phi) is 8.60. The highest BCUT2D eigenvalue weighted by molar-refractivity contribution is 7.91. The molecule has 0 heterocycles. The molecule has 6 heteroatoms. The van der Waals surface area contributed by atoms with E-state index in [2.05, 4.69) is 74.7 Å². The van der Waals surface area contributed by atoms with Gasteiger partial charge >= 0.3 is 0 Å². The van der Waals surface area contributed by atoms with Crippen LogP contribution >= 0.6 is 0 Å². The highest BCUT2D eigenvalue weighted by Crippen LogP contribution is 2.35. The summed E-state index contributed by atoms with van der Waals surface area (Å²) in [6.07, 6.45) is 11.4. The van der Waals surface area contributed by atoms with Crippen LogP contribution in [0.1, 0.15) is 30.0 Å². The monoisotopic (exact) mass is 618 g/mol. The van der Waals surface area contributed by atoms with Crippen LogP contribution in [0.25, 0.3) is 49.9 Å². The summed E-state index contributed by atoms with van der Waals surface area (Å²) < 4.78 is 47.3. The van der Waals surface area contributed by atoms with Crippen molar-refractivity contribution in [2.75, 3.05) is 12.5 Å². The third-order valence-corrected chi connectivity index (χ3v) is 9.94. The van der Waals surface area contributed by atoms with Gasteiger partial charge in [0, 0.05) is 12.5 Å². The predicted molar refractivity (Wildman–Crippen MR) is 186 cm³/mol. The van der Waals surface area contributed by atoms with Crippen LogP contribution in [-0.2, 0) is 19.7 Å². The second kappa shape index (κ2) is 12.2. The van der Waals surface area contributed by atoms with Crippen LogP contribution in [0, 0.1) is 0 Å². The zero-order chi connectivity index (χ0) is 31.6. The Balaban J connectivity index is 1.49. The molecule has 0 aliphatic carbocycles. The van der Waals surface area contributed by atoms with E-state index in [1.165, 1.54) is 12.5 Å². The lowest BCUT2D eigenvalue weighted by atomic mass is 9.90. The predicted octanol–water partition coefficient (Wildman–Crippen LogP) is 9.17. The van der Waals surface area contributed by atoms with Gasteiger partial charge in [0.1, 0.15) is 0 Å². The second-order valence-electron chi connectivity index (χ2n) is 10.9. The van der Waals surface area contributed by atoms with Crippen LogP contribution in [0.3, 0.4) is 0 Å². The van der Waals surface area contributed by atoms with Gasteiger partial charge in [-0.25, -0.2) is 16.8 Å². The van der Waals surface area contributed by atoms with Gasteiger partial charge in [0.05, 0.1) is 9.79 Å². The lowest BCUT2D eigenvalue weighted by Gasteiger charge is -2.14. The van der Waals surface area contributed by atoms with Crippen molar-refractivity contribution in [2.45, 2.75) is 23.1 Å². The molecule has 4 nitrogen and oxygen atoms in total. The molecule has 0 fully saturated rings. The normalized spacial score (nSPS) is 12.4. The third-order valence-electron chi connectivity index (χ3n) is 7.68. The van der Waals surface area contributed by atoms with E-state index in [0.29, 0.717) is 4.90 Å². The average Bonchev–Trinajstić information content (AvgIpc) is 3.01. The van der Waals surface area contributed by atoms with E-state index < -0.39 is 19.7 Å². The maximum absolute atomic E-state index is 11.9. The molecule has 0 aromatic heterocycles. The maximum atomic E-state index is 11.9. The largest absolute Gasteiger partial charge is 0.224 e. The molecule has 0 aliphatic heterocycles. The van der Waals surface area contributed by atoms with E-state index in [9.17, 15) is 16.8 Å². The number of benzene rings is 5. The van der Waals surface area contributed by atoms with E-state index >= 15 is 0 Å². The van der Waals surface area contributed by atoms with E-state index in [4.69, 9.17) is 0 Å². The summed E-state index contributed by atoms with van der Waals surface area (Å²) in [5.74, 6) is 0. The summed E-state index contributed by atoms with van der Waals surface area (Å²) in [5, 5.41) is 4.48. The Morgan fingerprint density at radius 2 is 1.18 bits per heavy atom. The molecule has 44 heavy (non-hydrogen) atoms. The van der Waals surface area contributed by atoms with Gasteiger partial charge in [-0.1, -0.05) is 105 Å². The van der Waals surface area contributed by atoms with Crippen molar-refractivity contribution in [1.82, 2.24) is 0 Å². The van der Waals surface area contributed by atoms with Gasteiger partial charge in [-0.2, -0.15) is 0 Å². The van der Waals surface area contributed by atoms with Gasteiger partial charge in [0.25, 0.3) is 0 Å². The van der Waals surface area contributed by atoms with Gasteiger partial charge in [-0.05, 0) is 97.3 Å². The highest BCUT2D eigenvalue weighted by atomic mass is 32.2. The number of hydrogen-bond acceptors (Lipinski definition) is 4. The standard InChI is InChI=1S/C38H34O4S2/c1-6-7-8-36-34(27(3)10-9-26(2)28-11-17-32(18-12-28)43(4,39)40)23-24-37-35-21-15-30(25-31(35)16-22-38(36)37)29-13-19-33(20-14-29)44(5,41)42/h7-25H,2-3,6H2,1,4-5H3/b8-7-,10-9-. The smallest absolute Gasteiger partial charge is 0.175 e. The topological polar surface area (TPSA) is 68.3 Å². The summed E-state index contributed by atoms with van der Waals surface area (Å²) in [6, 6.07) is 28.5. The molecule has 0 saturated heterocycles. The molecule has 222 valence electrons. The second-order valence-corrected chi connectivity index (χ2v) is 14.9. The van der Waals surface area contributed by atoms with Gasteiger partial charge < -0.3 is 0 Å². The van der Waals surface area contributed by atoms with Crippen LogP contribution in [0.4, 0.5) is 0 Å². The third kappa shape index (κ3) is 6.52. The van der Waals surface area contributed by atoms with Gasteiger partial charge in [0.15, 0.2) is 19.7 Å². The van der Waals surface area contributed by atoms with Crippen molar-refractivity contribution >= 4 is 58.4 Å². The molecule has 0 spiro atoms. The first-order valence-electron chi connectivity index (χ1n) is 14.2. The molecule has 0 bridgehead atoms. The van der Waals surface area contributed by atoms with E-state index in [1.54, 1.807) is 36.4 Å². The van der Waals surface area contributed by atoms with Crippen LogP contribution in [-0.4, -0.2) is 29.3 Å². The number of rotatable bonds is 9. The number of hydrogen-bond donors (Lipinski definition) is 0. The quantitative estimate of drug-likeness (QED) is 0.122. The van der Waals surface area contributed by atoms with Gasteiger partial charge in [-0.15, -0.1) is 0 Å². The van der Waals surface area contributed by atoms with Crippen LogP contribution in [0.5, 0.6) is 0 Å². The lowest BCUT2D eigenvalue weighted by Crippen LogP contribution is -1.96. The Hall–Kier alpha value is -4.52. The Morgan fingerprint density at radius 3 is 1.80 bits per heavy atom. The molecular weight excluding hydrogens is 585 g/mol. The molecule has 0 atom stereocenters. The average molecular weight is 619 g/mol. The zero-order valence-corrected chi connectivity index (χ0v) is 26.7. The van der Waals surface area contributed by atoms with Crippen molar-refractivity contribution in [3.63, 3.8) is 0 Å². The Labute approximate surface area is 260 Å². The molecule has 0 aliphatic rings. The van der Waals surface area contributed by atoms with Crippen LogP contribution < -0.4 is 0 Å². The highest BCUT2D eigenvalue weighted by Gasteiger charge is 2.12. The zero-order valence-electron chi connectivity index (χ0n) is 25.0. The van der Waals surface area contributed by atoms with Crippen molar-refractivity contribution in [1.29, 1.82) is 0 Å². The molecule has 0 unspecified atom stereocenters. The summed E-state index contributed by atoms with van der Waals surface area (Å²) in [5.41, 5.74) is 6.50. The number of allylic oxidation sites excluding steroid dienone is 5. The minimum Gasteiger partial charge on any atom is -0.224 e. The minimum atomic E-state index is -3.26. The van der Waals surface area contributed by atoms with E-state index in [-0.39, 0.29) is 4.90 Å². The molecular formula is C38H34O4S2. The summed E-state index contributed by atoms with van der Waals surface area (Å²) >= 11 is 0. The van der Waals surface area contributed by atoms with E-state index in [1.807, 2.05) is 24.3 Å². The molecule has 0 radical (unpaired) electrons. The van der Waals surface area contributed by atoms with Crippen molar-refractivity contribution < 1.29 is 16.8 Å². The minimum absolute atomic E-state index is 0.276. The molecule has 5 aromatic carbocycles. The van der Waals surface area contributed by atoms with Crippen molar-refractivity contribution in [3.05, 3.63) is 139 Å². The SMILES string of the molecule is C=C(/C=C\C(=C)c1ccc2c(ccc3cc(-c4ccc(S(C)(=O)=O)cc4)ccc32)c1/C=C\CC)c1ccc(S(C)(=O)=O)cc1. The molecule has 5 rings (SSSR count). The lowest BCUT2D eigenvalue weighted by molar-refractivity contribution is 0.600. The van der Waals surface area contributed by atoms with Crippen LogP contribution in [0.15, 0.2) is 132 Å². The summed E-state index contributed by atoms with van der Waals surface area (Å²) in [6.45, 7) is 10.6. The van der Waals surface area contributed by atoms with Crippen molar-refractivity contribution in [3.8, 4) is 11.1 Å². The first-order valence-corrected chi connectivity index (χ1v) is 18.0. The Bertz CT molecular complexity index is 2200. The van der Waals surface area contributed by atoms with Gasteiger partial charge in [-0.3, -0.25) is 0 Å². The van der Waals surface area contributed by atoms with Crippen LogP contribution in [0.2, 0.25) is 0 Å². The fraction of sp³-hybridized carbons (Fsp3) is 0.105. The Morgan fingerprint density at radius 1 is 0.636 bits per heavy atom. The number of sulfone groups is 2. The number of fused-ring (bicyclic) bond motifs is 3. The molecule has 0 amide bonds. The summed E-state index contributed by atoms with van der Waals surface area (Å²) in [4.78, 5) is 0.582. The first-order chi connectivity index (χ1) is 20.9. The molecule has 5 aromatic rings. The molecule has 0 saturated carbocycles. The van der Waals surface area contributed by atoms with Gasteiger partial charge in [0.2, 0.25) is 0 Å². The van der Waals surface area contributed by atoms with E-state index in [0.717, 1.165) is 66.9 Å². The fourth-order valence-electron chi connectivity index (χ4n) is 5.24.